The topological polar surface area (TPSA) is 112 Å². The van der Waals surface area contributed by atoms with Crippen LogP contribution in [0.3, 0.4) is 0 Å². The number of nitrogens with two attached hydrogens (primary N) is 1. The van der Waals surface area contributed by atoms with Crippen molar-refractivity contribution in [3.8, 4) is 5.88 Å². The molecule has 2 atom stereocenters. The minimum atomic E-state index is -0.471. The van der Waals surface area contributed by atoms with Crippen LogP contribution < -0.4 is 15.8 Å². The summed E-state index contributed by atoms with van der Waals surface area (Å²) in [6, 6.07) is 5.63. The minimum absolute atomic E-state index is 0.155. The van der Waals surface area contributed by atoms with Gasteiger partial charge in [0, 0.05) is 17.9 Å². The number of hydrogen-bond acceptors (Lipinski definition) is 8. The van der Waals surface area contributed by atoms with Gasteiger partial charge in [0.25, 0.3) is 0 Å². The molecule has 3 fully saturated rings. The molecule has 3 aromatic heterocycles. The Hall–Kier alpha value is -3.26. The highest BCUT2D eigenvalue weighted by Crippen LogP contribution is 2.54. The molecular weight excluding hydrogens is 442 g/mol. The Kier molecular flexibility index (Phi) is 4.29. The predicted molar refractivity (Wildman–Crippen MR) is 131 cm³/mol. The molecule has 3 aromatic rings. The lowest BCUT2D eigenvalue weighted by molar-refractivity contribution is 0.0183. The summed E-state index contributed by atoms with van der Waals surface area (Å²) in [6.07, 6.45) is 10.1. The number of ether oxygens (including phenoxy) is 2. The molecule has 3 saturated carbocycles. The van der Waals surface area contributed by atoms with Crippen LogP contribution in [0.5, 0.6) is 5.88 Å². The molecule has 8 heteroatoms. The summed E-state index contributed by atoms with van der Waals surface area (Å²) in [5.74, 6) is 2.10. The Bertz CT molecular complexity index is 1370. The van der Waals surface area contributed by atoms with Crippen molar-refractivity contribution in [2.75, 3.05) is 5.32 Å². The van der Waals surface area contributed by atoms with Crippen molar-refractivity contribution < 1.29 is 14.3 Å². The summed E-state index contributed by atoms with van der Waals surface area (Å²) in [5, 5.41) is 5.24. The number of hydrogen-bond donors (Lipinski definition) is 2. The molecule has 1 unspecified atom stereocenters. The van der Waals surface area contributed by atoms with E-state index in [1.165, 1.54) is 0 Å². The van der Waals surface area contributed by atoms with Crippen molar-refractivity contribution in [2.24, 2.45) is 11.7 Å². The van der Waals surface area contributed by atoms with Gasteiger partial charge in [-0.15, -0.1) is 0 Å². The Balaban J connectivity index is 1.28. The number of anilines is 2. The van der Waals surface area contributed by atoms with Crippen LogP contribution in [-0.4, -0.2) is 33.1 Å². The summed E-state index contributed by atoms with van der Waals surface area (Å²) < 4.78 is 11.7. The summed E-state index contributed by atoms with van der Waals surface area (Å²) >= 11 is 0. The number of cyclic esters (lactones) is 1. The van der Waals surface area contributed by atoms with Crippen LogP contribution in [0.4, 0.5) is 11.6 Å². The van der Waals surface area contributed by atoms with Crippen LogP contribution in [0.25, 0.3) is 10.8 Å². The smallest absolute Gasteiger partial charge is 0.340 e. The summed E-state index contributed by atoms with van der Waals surface area (Å²) in [6.45, 7) is 4.05. The van der Waals surface area contributed by atoms with E-state index in [9.17, 15) is 4.79 Å². The maximum Gasteiger partial charge on any atom is 0.340 e. The molecule has 0 amide bonds. The molecule has 1 spiro atoms. The van der Waals surface area contributed by atoms with E-state index in [0.29, 0.717) is 29.0 Å². The molecule has 4 aliphatic rings. The van der Waals surface area contributed by atoms with Crippen LogP contribution in [0, 0.1) is 5.92 Å². The third-order valence-electron chi connectivity index (χ3n) is 8.24. The zero-order chi connectivity index (χ0) is 23.9. The quantitative estimate of drug-likeness (QED) is 0.506. The minimum Gasteiger partial charge on any atom is -0.474 e. The van der Waals surface area contributed by atoms with Crippen LogP contribution in [0.1, 0.15) is 74.0 Å². The number of carbonyl (C=O) groups excluding carboxylic acids is 1. The van der Waals surface area contributed by atoms with Crippen molar-refractivity contribution >= 4 is 28.4 Å². The number of rotatable bonds is 6. The Labute approximate surface area is 203 Å². The molecule has 35 heavy (non-hydrogen) atoms. The van der Waals surface area contributed by atoms with Gasteiger partial charge in [0.05, 0.1) is 22.1 Å². The van der Waals surface area contributed by atoms with E-state index in [4.69, 9.17) is 20.2 Å². The fourth-order valence-electron chi connectivity index (χ4n) is 5.46. The Morgan fingerprint density at radius 2 is 1.91 bits per heavy atom. The fraction of sp³-hybridized carbons (Fsp3) is 0.481. The van der Waals surface area contributed by atoms with Gasteiger partial charge in [-0.1, -0.05) is 0 Å². The van der Waals surface area contributed by atoms with Gasteiger partial charge in [0.15, 0.2) is 0 Å². The monoisotopic (exact) mass is 471 g/mol. The van der Waals surface area contributed by atoms with Gasteiger partial charge >= 0.3 is 5.97 Å². The number of nitrogens with zero attached hydrogens (tertiary/aromatic N) is 3. The molecule has 8 nitrogen and oxygen atoms in total. The second-order valence-corrected chi connectivity index (χ2v) is 10.9. The normalized spacial score (nSPS) is 24.0. The molecule has 0 aromatic carbocycles. The maximum absolute atomic E-state index is 12.4. The highest BCUT2D eigenvalue weighted by molar-refractivity contribution is 5.94. The van der Waals surface area contributed by atoms with Gasteiger partial charge in [0.2, 0.25) is 5.88 Å². The molecule has 0 bridgehead atoms. The number of pyridine rings is 3. The number of carbonyl (C=O) groups is 1. The van der Waals surface area contributed by atoms with Crippen molar-refractivity contribution in [3.05, 3.63) is 47.4 Å². The summed E-state index contributed by atoms with van der Waals surface area (Å²) in [4.78, 5) is 26.6. The second kappa shape index (κ2) is 7.13. The largest absolute Gasteiger partial charge is 0.474 e. The average Bonchev–Trinajstić information content (AvgIpc) is 3.68. The van der Waals surface area contributed by atoms with Gasteiger partial charge < -0.3 is 20.5 Å². The van der Waals surface area contributed by atoms with Crippen molar-refractivity contribution in [3.63, 3.8) is 0 Å². The molecule has 0 saturated heterocycles. The van der Waals surface area contributed by atoms with Crippen LogP contribution >= 0.6 is 0 Å². The van der Waals surface area contributed by atoms with E-state index in [2.05, 4.69) is 22.2 Å². The number of fused-ring (bicyclic) bond motifs is 3. The van der Waals surface area contributed by atoms with Gasteiger partial charge in [0.1, 0.15) is 23.8 Å². The molecule has 0 radical (unpaired) electrons. The number of aromatic nitrogens is 3. The first kappa shape index (κ1) is 21.1. The standard InChI is InChI=1S/C27H29N5O3/c1-14-27(9-10-27)23-17(25(33)34-14)7-8-21(32-23)31-22-11-18-19(12-29-22)24(35-16-5-6-16)30-13-20(18)26(2,28)15-3-4-15/h7-8,11-16H,3-6,9-10,28H2,1-2H3,(H,29,31,32)/t14-,26?/m1/s1. The lowest BCUT2D eigenvalue weighted by atomic mass is 9.86. The van der Waals surface area contributed by atoms with Crippen LogP contribution in [-0.2, 0) is 15.7 Å². The molecule has 3 aliphatic carbocycles. The molecular formula is C27H29N5O3. The first-order valence-electron chi connectivity index (χ1n) is 12.6. The Morgan fingerprint density at radius 3 is 2.63 bits per heavy atom. The molecule has 4 heterocycles. The third-order valence-corrected chi connectivity index (χ3v) is 8.24. The fourth-order valence-corrected chi connectivity index (χ4v) is 5.46. The summed E-state index contributed by atoms with van der Waals surface area (Å²) in [5.41, 5.74) is 8.62. The second-order valence-electron chi connectivity index (χ2n) is 10.9. The number of nitrogens with one attached hydrogen (secondary N) is 1. The lowest BCUT2D eigenvalue weighted by Gasteiger charge is -2.30. The molecule has 1 aliphatic heterocycles. The SMILES string of the molecule is C[C@H]1OC(=O)c2ccc(Nc3cc4c(C(C)(N)C5CC5)cnc(OC5CC5)c4cn3)nc2C12CC2. The van der Waals surface area contributed by atoms with Gasteiger partial charge in [-0.25, -0.2) is 19.7 Å². The van der Waals surface area contributed by atoms with E-state index < -0.39 is 5.54 Å². The zero-order valence-corrected chi connectivity index (χ0v) is 20.0. The van der Waals surface area contributed by atoms with Crippen LogP contribution in [0.15, 0.2) is 30.6 Å². The van der Waals surface area contributed by atoms with Crippen molar-refractivity contribution in [2.45, 2.75) is 75.5 Å². The van der Waals surface area contributed by atoms with Gasteiger partial charge in [-0.2, -0.15) is 0 Å². The molecule has 180 valence electrons. The molecule has 3 N–H and O–H groups in total. The van der Waals surface area contributed by atoms with Crippen molar-refractivity contribution in [1.29, 1.82) is 0 Å². The van der Waals surface area contributed by atoms with E-state index in [0.717, 1.165) is 60.6 Å². The first-order chi connectivity index (χ1) is 16.8. The highest BCUT2D eigenvalue weighted by Gasteiger charge is 2.56. The zero-order valence-electron chi connectivity index (χ0n) is 20.0. The van der Waals surface area contributed by atoms with Crippen LogP contribution in [0.2, 0.25) is 0 Å². The lowest BCUT2D eigenvalue weighted by Crippen LogP contribution is -2.36. The van der Waals surface area contributed by atoms with E-state index >= 15 is 0 Å². The van der Waals surface area contributed by atoms with E-state index in [-0.39, 0.29) is 23.6 Å². The van der Waals surface area contributed by atoms with Crippen molar-refractivity contribution in [1.82, 2.24) is 15.0 Å². The third kappa shape index (κ3) is 3.37. The number of esters is 1. The maximum atomic E-state index is 12.4. The van der Waals surface area contributed by atoms with Gasteiger partial charge in [-0.05, 0) is 87.4 Å². The van der Waals surface area contributed by atoms with E-state index in [1.54, 1.807) is 6.07 Å². The Morgan fingerprint density at radius 1 is 1.11 bits per heavy atom. The first-order valence-corrected chi connectivity index (χ1v) is 12.6. The molecule has 7 rings (SSSR count). The van der Waals surface area contributed by atoms with Gasteiger partial charge in [-0.3, -0.25) is 0 Å². The predicted octanol–water partition coefficient (Wildman–Crippen LogP) is 4.48. The highest BCUT2D eigenvalue weighted by atomic mass is 16.5. The van der Waals surface area contributed by atoms with E-state index in [1.807, 2.05) is 31.5 Å². The average molecular weight is 472 g/mol. The summed E-state index contributed by atoms with van der Waals surface area (Å²) in [7, 11) is 0.